The van der Waals surface area contributed by atoms with E-state index in [0.29, 0.717) is 5.16 Å². The van der Waals surface area contributed by atoms with E-state index in [1.54, 1.807) is 12.4 Å². The summed E-state index contributed by atoms with van der Waals surface area (Å²) in [6.07, 6.45) is 3.46. The van der Waals surface area contributed by atoms with Crippen LogP contribution in [0.25, 0.3) is 11.4 Å². The minimum Gasteiger partial charge on any atom is -0.325 e. The first-order valence-electron chi connectivity index (χ1n) is 7.84. The van der Waals surface area contributed by atoms with Gasteiger partial charge < -0.3 is 9.88 Å². The van der Waals surface area contributed by atoms with Crippen LogP contribution in [0.4, 0.5) is 5.69 Å². The first-order chi connectivity index (χ1) is 12.0. The van der Waals surface area contributed by atoms with Crippen molar-refractivity contribution in [3.05, 3.63) is 53.9 Å². The number of aryl methyl sites for hydroxylation is 2. The van der Waals surface area contributed by atoms with E-state index in [0.717, 1.165) is 22.6 Å². The smallest absolute Gasteiger partial charge is 0.234 e. The van der Waals surface area contributed by atoms with Crippen molar-refractivity contribution in [1.29, 1.82) is 0 Å². The summed E-state index contributed by atoms with van der Waals surface area (Å²) in [4.78, 5) is 16.3. The van der Waals surface area contributed by atoms with Gasteiger partial charge in [-0.2, -0.15) is 0 Å². The lowest BCUT2D eigenvalue weighted by Gasteiger charge is -2.07. The molecule has 0 saturated heterocycles. The number of hydrogen-bond acceptors (Lipinski definition) is 5. The van der Waals surface area contributed by atoms with E-state index < -0.39 is 0 Å². The van der Waals surface area contributed by atoms with Crippen LogP contribution in [-0.4, -0.2) is 31.4 Å². The molecule has 2 aromatic heterocycles. The lowest BCUT2D eigenvalue weighted by molar-refractivity contribution is -0.113. The topological polar surface area (TPSA) is 72.7 Å². The molecule has 0 radical (unpaired) electrons. The fourth-order valence-corrected chi connectivity index (χ4v) is 3.04. The zero-order valence-corrected chi connectivity index (χ0v) is 15.2. The molecule has 128 valence electrons. The van der Waals surface area contributed by atoms with Gasteiger partial charge in [0.15, 0.2) is 11.0 Å². The van der Waals surface area contributed by atoms with Crippen LogP contribution >= 0.6 is 11.8 Å². The molecular weight excluding hydrogens is 334 g/mol. The van der Waals surface area contributed by atoms with Gasteiger partial charge in [-0.15, -0.1) is 10.2 Å². The lowest BCUT2D eigenvalue weighted by Crippen LogP contribution is -2.14. The zero-order chi connectivity index (χ0) is 17.8. The molecule has 0 aliphatic rings. The Balaban J connectivity index is 1.63. The average molecular weight is 353 g/mol. The van der Waals surface area contributed by atoms with E-state index in [1.807, 2.05) is 55.8 Å². The Morgan fingerprint density at radius 2 is 2.04 bits per heavy atom. The minimum absolute atomic E-state index is 0.0702. The number of amides is 1. The van der Waals surface area contributed by atoms with Gasteiger partial charge in [-0.3, -0.25) is 9.78 Å². The number of thioether (sulfide) groups is 1. The van der Waals surface area contributed by atoms with Crippen molar-refractivity contribution in [3.8, 4) is 11.4 Å². The monoisotopic (exact) mass is 353 g/mol. The van der Waals surface area contributed by atoms with Crippen molar-refractivity contribution in [3.63, 3.8) is 0 Å². The van der Waals surface area contributed by atoms with Crippen LogP contribution in [0, 0.1) is 13.8 Å². The van der Waals surface area contributed by atoms with Crippen molar-refractivity contribution < 1.29 is 4.79 Å². The third-order valence-corrected chi connectivity index (χ3v) is 4.90. The summed E-state index contributed by atoms with van der Waals surface area (Å²) in [5.41, 5.74) is 4.06. The van der Waals surface area contributed by atoms with Crippen molar-refractivity contribution in [2.24, 2.45) is 7.05 Å². The Labute approximate surface area is 150 Å². The predicted molar refractivity (Wildman–Crippen MR) is 99.5 cm³/mol. The van der Waals surface area contributed by atoms with Gasteiger partial charge >= 0.3 is 0 Å². The summed E-state index contributed by atoms with van der Waals surface area (Å²) in [5, 5.41) is 12.0. The number of carbonyl (C=O) groups excluding carboxylic acids is 1. The molecule has 7 heteroatoms. The normalized spacial score (nSPS) is 10.7. The number of aromatic nitrogens is 4. The number of carbonyl (C=O) groups is 1. The third kappa shape index (κ3) is 4.06. The lowest BCUT2D eigenvalue weighted by atomic mass is 10.1. The van der Waals surface area contributed by atoms with Crippen LogP contribution in [0.3, 0.4) is 0 Å². The van der Waals surface area contributed by atoms with Crippen LogP contribution in [0.15, 0.2) is 47.9 Å². The van der Waals surface area contributed by atoms with Crippen LogP contribution in [0.1, 0.15) is 11.1 Å². The van der Waals surface area contributed by atoms with E-state index in [9.17, 15) is 4.79 Å². The van der Waals surface area contributed by atoms with Gasteiger partial charge in [-0.05, 0) is 49.2 Å². The summed E-state index contributed by atoms with van der Waals surface area (Å²) in [6, 6.07) is 9.67. The second-order valence-corrected chi connectivity index (χ2v) is 6.69. The standard InChI is InChI=1S/C18H19N5OS/c1-12-6-7-15(9-13(12)2)20-16(24)11-25-18-22-21-17(23(18)3)14-5-4-8-19-10-14/h4-10H,11H2,1-3H3,(H,20,24). The molecule has 1 N–H and O–H groups in total. The minimum atomic E-state index is -0.0702. The van der Waals surface area contributed by atoms with Crippen LogP contribution in [0.2, 0.25) is 0 Å². The highest BCUT2D eigenvalue weighted by Crippen LogP contribution is 2.22. The fourth-order valence-electron chi connectivity index (χ4n) is 2.33. The largest absolute Gasteiger partial charge is 0.325 e. The maximum absolute atomic E-state index is 12.2. The van der Waals surface area contributed by atoms with E-state index >= 15 is 0 Å². The van der Waals surface area contributed by atoms with Crippen LogP contribution in [-0.2, 0) is 11.8 Å². The third-order valence-electron chi connectivity index (χ3n) is 3.88. The average Bonchev–Trinajstić information content (AvgIpc) is 2.98. The highest BCUT2D eigenvalue weighted by molar-refractivity contribution is 7.99. The Morgan fingerprint density at radius 3 is 2.76 bits per heavy atom. The van der Waals surface area contributed by atoms with Gasteiger partial charge in [0.2, 0.25) is 5.91 Å². The molecule has 2 heterocycles. The molecule has 3 aromatic rings. The molecule has 0 fully saturated rings. The number of benzene rings is 1. The molecular formula is C18H19N5OS. The molecule has 25 heavy (non-hydrogen) atoms. The van der Waals surface area contributed by atoms with E-state index in [2.05, 4.69) is 20.5 Å². The SMILES string of the molecule is Cc1ccc(NC(=O)CSc2nnc(-c3cccnc3)n2C)cc1C. The number of nitrogens with zero attached hydrogens (tertiary/aromatic N) is 4. The van der Waals surface area contributed by atoms with Crippen molar-refractivity contribution in [1.82, 2.24) is 19.7 Å². The molecule has 0 saturated carbocycles. The number of pyridine rings is 1. The van der Waals surface area contributed by atoms with E-state index in [1.165, 1.54) is 17.3 Å². The number of hydrogen-bond donors (Lipinski definition) is 1. The molecule has 0 aliphatic heterocycles. The number of anilines is 1. The molecule has 1 aromatic carbocycles. The van der Waals surface area contributed by atoms with Gasteiger partial charge in [-0.1, -0.05) is 17.8 Å². The Hall–Kier alpha value is -2.67. The fraction of sp³-hybridized carbons (Fsp3) is 0.222. The van der Waals surface area contributed by atoms with Crippen molar-refractivity contribution >= 4 is 23.4 Å². The molecule has 0 atom stereocenters. The van der Waals surface area contributed by atoms with Gasteiger partial charge in [-0.25, -0.2) is 0 Å². The van der Waals surface area contributed by atoms with E-state index in [-0.39, 0.29) is 11.7 Å². The maximum Gasteiger partial charge on any atom is 0.234 e. The van der Waals surface area contributed by atoms with Crippen LogP contribution in [0.5, 0.6) is 0 Å². The molecule has 0 spiro atoms. The maximum atomic E-state index is 12.2. The highest BCUT2D eigenvalue weighted by atomic mass is 32.2. The molecule has 0 aliphatic carbocycles. The first-order valence-corrected chi connectivity index (χ1v) is 8.83. The van der Waals surface area contributed by atoms with Crippen LogP contribution < -0.4 is 5.32 Å². The molecule has 3 rings (SSSR count). The number of rotatable bonds is 5. The van der Waals surface area contributed by atoms with Crippen molar-refractivity contribution in [2.75, 3.05) is 11.1 Å². The summed E-state index contributed by atoms with van der Waals surface area (Å²) < 4.78 is 1.87. The Bertz CT molecular complexity index is 892. The van der Waals surface area contributed by atoms with Gasteiger partial charge in [0.25, 0.3) is 0 Å². The second kappa shape index (κ2) is 7.48. The summed E-state index contributed by atoms with van der Waals surface area (Å²) in [6.45, 7) is 4.07. The molecule has 0 unspecified atom stereocenters. The predicted octanol–water partition coefficient (Wildman–Crippen LogP) is 3.22. The van der Waals surface area contributed by atoms with Gasteiger partial charge in [0.1, 0.15) is 0 Å². The quantitative estimate of drug-likeness (QED) is 0.713. The first kappa shape index (κ1) is 17.2. The summed E-state index contributed by atoms with van der Waals surface area (Å²) in [5.74, 6) is 0.927. The zero-order valence-electron chi connectivity index (χ0n) is 14.4. The Kier molecular flexibility index (Phi) is 5.14. The van der Waals surface area contributed by atoms with Crippen molar-refractivity contribution in [2.45, 2.75) is 19.0 Å². The number of nitrogens with one attached hydrogen (secondary N) is 1. The molecule has 6 nitrogen and oxygen atoms in total. The van der Waals surface area contributed by atoms with Gasteiger partial charge in [0.05, 0.1) is 5.75 Å². The summed E-state index contributed by atoms with van der Waals surface area (Å²) >= 11 is 1.35. The molecule has 1 amide bonds. The molecule has 0 bridgehead atoms. The summed E-state index contributed by atoms with van der Waals surface area (Å²) in [7, 11) is 1.88. The Morgan fingerprint density at radius 1 is 1.20 bits per heavy atom. The highest BCUT2D eigenvalue weighted by Gasteiger charge is 2.13. The second-order valence-electron chi connectivity index (χ2n) is 5.74. The van der Waals surface area contributed by atoms with Gasteiger partial charge in [0, 0.05) is 30.7 Å². The van der Waals surface area contributed by atoms with E-state index in [4.69, 9.17) is 0 Å².